The molecule has 0 saturated carbocycles. The van der Waals surface area contributed by atoms with E-state index in [9.17, 15) is 23.1 Å². The average molecular weight is 341 g/mol. The highest BCUT2D eigenvalue weighted by molar-refractivity contribution is 7.89. The Bertz CT molecular complexity index is 704. The Morgan fingerprint density at radius 3 is 2.74 bits per heavy atom. The van der Waals surface area contributed by atoms with E-state index in [1.54, 1.807) is 4.90 Å². The zero-order valence-corrected chi connectivity index (χ0v) is 13.3. The zero-order valence-electron chi connectivity index (χ0n) is 12.4. The van der Waals surface area contributed by atoms with Gasteiger partial charge in [-0.1, -0.05) is 12.5 Å². The predicted molar refractivity (Wildman–Crippen MR) is 83.3 cm³/mol. The Morgan fingerprint density at radius 1 is 1.35 bits per heavy atom. The first-order valence-corrected chi connectivity index (χ1v) is 8.71. The Hall–Kier alpha value is -1.97. The summed E-state index contributed by atoms with van der Waals surface area (Å²) in [5, 5.41) is 16.8. The predicted octanol–water partition coefficient (Wildman–Crippen LogP) is 0.212. The third-order valence-corrected chi connectivity index (χ3v) is 4.60. The van der Waals surface area contributed by atoms with Gasteiger partial charge in [-0.3, -0.25) is 14.5 Å². The standard InChI is InChI=1S/C14H19N3O5S/c15-23(21,22)11-5-3-4-10(8-11)16-13(18)9-17-7-2-1-6-12(17)14(19)20/h3-5,8,12H,1-2,6-7,9H2,(H,16,18)(H,19,20)(H2,15,21,22). The largest absolute Gasteiger partial charge is 0.480 e. The third-order valence-electron chi connectivity index (χ3n) is 3.69. The van der Waals surface area contributed by atoms with Gasteiger partial charge in [-0.2, -0.15) is 0 Å². The molecule has 23 heavy (non-hydrogen) atoms. The van der Waals surface area contributed by atoms with Crippen LogP contribution in [-0.4, -0.2) is 49.4 Å². The summed E-state index contributed by atoms with van der Waals surface area (Å²) in [7, 11) is -3.85. The highest BCUT2D eigenvalue weighted by Crippen LogP contribution is 2.18. The van der Waals surface area contributed by atoms with Crippen molar-refractivity contribution in [3.05, 3.63) is 24.3 Å². The van der Waals surface area contributed by atoms with Crippen molar-refractivity contribution >= 4 is 27.6 Å². The minimum Gasteiger partial charge on any atom is -0.480 e. The van der Waals surface area contributed by atoms with Gasteiger partial charge in [0.25, 0.3) is 0 Å². The van der Waals surface area contributed by atoms with E-state index >= 15 is 0 Å². The van der Waals surface area contributed by atoms with Crippen LogP contribution in [0.3, 0.4) is 0 Å². The molecular formula is C14H19N3O5S. The number of carboxylic acid groups (broad SMARTS) is 1. The van der Waals surface area contributed by atoms with Crippen molar-refractivity contribution in [3.8, 4) is 0 Å². The van der Waals surface area contributed by atoms with Gasteiger partial charge in [0.15, 0.2) is 0 Å². The fourth-order valence-electron chi connectivity index (χ4n) is 2.60. The van der Waals surface area contributed by atoms with Crippen molar-refractivity contribution in [2.45, 2.75) is 30.2 Å². The van der Waals surface area contributed by atoms with Crippen LogP contribution in [0.15, 0.2) is 29.2 Å². The minimum absolute atomic E-state index is 0.0590. The highest BCUT2D eigenvalue weighted by atomic mass is 32.2. The molecule has 1 fully saturated rings. The molecule has 126 valence electrons. The number of anilines is 1. The molecule has 1 aromatic carbocycles. The van der Waals surface area contributed by atoms with E-state index < -0.39 is 27.9 Å². The molecule has 1 aromatic rings. The lowest BCUT2D eigenvalue weighted by Gasteiger charge is -2.32. The second kappa shape index (κ2) is 7.07. The molecule has 4 N–H and O–H groups in total. The van der Waals surface area contributed by atoms with E-state index in [1.165, 1.54) is 24.3 Å². The van der Waals surface area contributed by atoms with Gasteiger partial charge >= 0.3 is 5.97 Å². The smallest absolute Gasteiger partial charge is 0.320 e. The molecule has 1 aliphatic heterocycles. The SMILES string of the molecule is NS(=O)(=O)c1cccc(NC(=O)CN2CCCCC2C(=O)O)c1. The molecule has 1 aliphatic rings. The minimum atomic E-state index is -3.85. The van der Waals surface area contributed by atoms with Crippen molar-refractivity contribution in [2.24, 2.45) is 5.14 Å². The lowest BCUT2D eigenvalue weighted by molar-refractivity contribution is -0.145. The number of nitrogens with zero attached hydrogens (tertiary/aromatic N) is 1. The van der Waals surface area contributed by atoms with Gasteiger partial charge in [-0.05, 0) is 37.6 Å². The van der Waals surface area contributed by atoms with Crippen molar-refractivity contribution in [1.29, 1.82) is 0 Å². The quantitative estimate of drug-likeness (QED) is 0.702. The monoisotopic (exact) mass is 341 g/mol. The number of rotatable bonds is 5. The number of primary sulfonamides is 1. The first kappa shape index (κ1) is 17.4. The second-order valence-electron chi connectivity index (χ2n) is 5.44. The molecular weight excluding hydrogens is 322 g/mol. The van der Waals surface area contributed by atoms with Crippen molar-refractivity contribution in [1.82, 2.24) is 4.90 Å². The number of sulfonamides is 1. The molecule has 0 spiro atoms. The summed E-state index contributed by atoms with van der Waals surface area (Å²) in [6.07, 6.45) is 2.19. The molecule has 8 nitrogen and oxygen atoms in total. The third kappa shape index (κ3) is 4.75. The van der Waals surface area contributed by atoms with Crippen LogP contribution in [-0.2, 0) is 19.6 Å². The van der Waals surface area contributed by atoms with E-state index in [-0.39, 0.29) is 11.4 Å². The molecule has 0 aliphatic carbocycles. The van der Waals surface area contributed by atoms with E-state index in [2.05, 4.69) is 5.32 Å². The number of likely N-dealkylation sites (tertiary alicyclic amines) is 1. The van der Waals surface area contributed by atoms with Gasteiger partial charge in [-0.15, -0.1) is 0 Å². The number of hydrogen-bond donors (Lipinski definition) is 3. The van der Waals surface area contributed by atoms with Crippen LogP contribution in [0, 0.1) is 0 Å². The summed E-state index contributed by atoms with van der Waals surface area (Å²) in [6.45, 7) is 0.484. The summed E-state index contributed by atoms with van der Waals surface area (Å²) in [6, 6.07) is 4.94. The fraction of sp³-hybridized carbons (Fsp3) is 0.429. The van der Waals surface area contributed by atoms with Crippen LogP contribution in [0.1, 0.15) is 19.3 Å². The number of nitrogens with two attached hydrogens (primary N) is 1. The maximum atomic E-state index is 12.1. The topological polar surface area (TPSA) is 130 Å². The summed E-state index contributed by atoms with van der Waals surface area (Å²) < 4.78 is 22.6. The maximum Gasteiger partial charge on any atom is 0.320 e. The number of amides is 1. The van der Waals surface area contributed by atoms with Crippen LogP contribution in [0.25, 0.3) is 0 Å². The highest BCUT2D eigenvalue weighted by Gasteiger charge is 2.29. The molecule has 0 aromatic heterocycles. The molecule has 2 rings (SSSR count). The van der Waals surface area contributed by atoms with Crippen molar-refractivity contribution < 1.29 is 23.1 Å². The van der Waals surface area contributed by atoms with Crippen LogP contribution < -0.4 is 10.5 Å². The van der Waals surface area contributed by atoms with Gasteiger partial charge < -0.3 is 10.4 Å². The first-order chi connectivity index (χ1) is 10.8. The number of piperidine rings is 1. The summed E-state index contributed by atoms with van der Waals surface area (Å²) >= 11 is 0. The van der Waals surface area contributed by atoms with Crippen LogP contribution >= 0.6 is 0 Å². The van der Waals surface area contributed by atoms with Gasteiger partial charge in [0.2, 0.25) is 15.9 Å². The summed E-state index contributed by atoms with van der Waals surface area (Å²) in [5.41, 5.74) is 0.297. The second-order valence-corrected chi connectivity index (χ2v) is 7.00. The molecule has 1 unspecified atom stereocenters. The molecule has 0 radical (unpaired) electrons. The zero-order chi connectivity index (χ0) is 17.0. The molecule has 1 atom stereocenters. The van der Waals surface area contributed by atoms with Gasteiger partial charge in [0.05, 0.1) is 11.4 Å². The molecule has 9 heteroatoms. The molecule has 1 heterocycles. The number of hydrogen-bond acceptors (Lipinski definition) is 5. The van der Waals surface area contributed by atoms with Crippen molar-refractivity contribution in [2.75, 3.05) is 18.4 Å². The van der Waals surface area contributed by atoms with Crippen LogP contribution in [0.2, 0.25) is 0 Å². The molecule has 1 saturated heterocycles. The van der Waals surface area contributed by atoms with Gasteiger partial charge in [-0.25, -0.2) is 13.6 Å². The number of carboxylic acids is 1. The van der Waals surface area contributed by atoms with Crippen LogP contribution in [0.5, 0.6) is 0 Å². The Labute approximate surface area is 134 Å². The number of benzene rings is 1. The number of carbonyl (C=O) groups is 2. The first-order valence-electron chi connectivity index (χ1n) is 7.17. The van der Waals surface area contributed by atoms with E-state index in [1.807, 2.05) is 0 Å². The number of carbonyl (C=O) groups excluding carboxylic acids is 1. The van der Waals surface area contributed by atoms with Gasteiger partial charge in [0.1, 0.15) is 6.04 Å². The maximum absolute atomic E-state index is 12.1. The average Bonchev–Trinajstić information content (AvgIpc) is 2.46. The van der Waals surface area contributed by atoms with Gasteiger partial charge in [0, 0.05) is 5.69 Å². The van der Waals surface area contributed by atoms with Crippen LogP contribution in [0.4, 0.5) is 5.69 Å². The molecule has 0 bridgehead atoms. The van der Waals surface area contributed by atoms with E-state index in [0.29, 0.717) is 18.7 Å². The summed E-state index contributed by atoms with van der Waals surface area (Å²) in [5.74, 6) is -1.33. The van der Waals surface area contributed by atoms with E-state index in [0.717, 1.165) is 12.8 Å². The normalized spacial score (nSPS) is 19.3. The lowest BCUT2D eigenvalue weighted by Crippen LogP contribution is -2.47. The Kier molecular flexibility index (Phi) is 5.34. The lowest BCUT2D eigenvalue weighted by atomic mass is 10.0. The summed E-state index contributed by atoms with van der Waals surface area (Å²) in [4.78, 5) is 24.8. The number of aliphatic carboxylic acids is 1. The van der Waals surface area contributed by atoms with E-state index in [4.69, 9.17) is 5.14 Å². The Morgan fingerprint density at radius 2 is 2.09 bits per heavy atom. The van der Waals surface area contributed by atoms with Crippen molar-refractivity contribution in [3.63, 3.8) is 0 Å². The molecule has 1 amide bonds. The fourth-order valence-corrected chi connectivity index (χ4v) is 3.16. The Balaban J connectivity index is 2.03. The number of nitrogens with one attached hydrogen (secondary N) is 1.